The van der Waals surface area contributed by atoms with Crippen LogP contribution in [0.3, 0.4) is 0 Å². The van der Waals surface area contributed by atoms with Gasteiger partial charge >= 0.3 is 5.97 Å². The van der Waals surface area contributed by atoms with E-state index in [4.69, 9.17) is 9.47 Å². The molecule has 0 amide bonds. The van der Waals surface area contributed by atoms with Crippen LogP contribution in [-0.2, 0) is 4.79 Å². The van der Waals surface area contributed by atoms with Crippen molar-refractivity contribution in [3.05, 3.63) is 59.4 Å². The molecule has 6 heteroatoms. The van der Waals surface area contributed by atoms with Gasteiger partial charge in [-0.1, -0.05) is 18.2 Å². The summed E-state index contributed by atoms with van der Waals surface area (Å²) >= 11 is 0. The number of benzene rings is 2. The van der Waals surface area contributed by atoms with Gasteiger partial charge in [0.05, 0.1) is 26.2 Å². The monoisotopic (exact) mass is 373 g/mol. The lowest BCUT2D eigenvalue weighted by Crippen LogP contribution is -2.41. The molecule has 1 fully saturated rings. The molecular weight excluding hydrogens is 349 g/mol. The average molecular weight is 373 g/mol. The zero-order valence-corrected chi connectivity index (χ0v) is 15.5. The molecule has 1 N–H and O–H groups in total. The Balaban J connectivity index is 2.03. The molecule has 1 aliphatic heterocycles. The van der Waals surface area contributed by atoms with Crippen LogP contribution in [0, 0.1) is 11.7 Å². The minimum atomic E-state index is -0.787. The lowest BCUT2D eigenvalue weighted by atomic mass is 9.91. The van der Waals surface area contributed by atoms with Crippen LogP contribution < -0.4 is 9.47 Å². The molecule has 1 saturated heterocycles. The highest BCUT2D eigenvalue weighted by atomic mass is 19.1. The fourth-order valence-electron chi connectivity index (χ4n) is 3.72. The number of rotatable bonds is 6. The highest BCUT2D eigenvalue weighted by molar-refractivity contribution is 5.70. The van der Waals surface area contributed by atoms with Crippen molar-refractivity contribution in [3.8, 4) is 11.5 Å². The third-order valence-electron chi connectivity index (χ3n) is 5.07. The van der Waals surface area contributed by atoms with Crippen LogP contribution in [0.5, 0.6) is 11.5 Å². The van der Waals surface area contributed by atoms with Gasteiger partial charge in [-0.15, -0.1) is 0 Å². The number of carboxylic acids is 1. The number of likely N-dealkylation sites (tertiary alicyclic amines) is 1. The Morgan fingerprint density at radius 3 is 2.63 bits per heavy atom. The van der Waals surface area contributed by atoms with Crippen LogP contribution in [0.1, 0.15) is 30.0 Å². The number of nitrogens with zero attached hydrogens (tertiary/aromatic N) is 1. The number of hydrogen-bond donors (Lipinski definition) is 1. The Hall–Kier alpha value is -2.60. The average Bonchev–Trinajstić information content (AvgIpc) is 2.69. The van der Waals surface area contributed by atoms with Crippen LogP contribution in [0.4, 0.5) is 4.39 Å². The van der Waals surface area contributed by atoms with Crippen LogP contribution in [-0.4, -0.2) is 43.3 Å². The van der Waals surface area contributed by atoms with Gasteiger partial charge in [0.1, 0.15) is 5.75 Å². The summed E-state index contributed by atoms with van der Waals surface area (Å²) in [7, 11) is 3.03. The van der Waals surface area contributed by atoms with E-state index in [1.165, 1.54) is 13.2 Å². The maximum Gasteiger partial charge on any atom is 0.307 e. The normalized spacial score (nSPS) is 18.7. The molecule has 0 aromatic heterocycles. The van der Waals surface area contributed by atoms with Crippen molar-refractivity contribution in [2.75, 3.05) is 27.3 Å². The Kier molecular flexibility index (Phi) is 5.96. The van der Waals surface area contributed by atoms with E-state index >= 15 is 0 Å². The van der Waals surface area contributed by atoms with E-state index in [2.05, 4.69) is 4.90 Å². The lowest BCUT2D eigenvalue weighted by molar-refractivity contribution is -0.143. The van der Waals surface area contributed by atoms with E-state index in [9.17, 15) is 14.3 Å². The van der Waals surface area contributed by atoms with Gasteiger partial charge in [0.25, 0.3) is 0 Å². The third-order valence-corrected chi connectivity index (χ3v) is 5.07. The van der Waals surface area contributed by atoms with E-state index in [1.807, 2.05) is 30.3 Å². The van der Waals surface area contributed by atoms with Gasteiger partial charge in [-0.2, -0.15) is 0 Å². The Labute approximate surface area is 158 Å². The van der Waals surface area contributed by atoms with E-state index in [0.29, 0.717) is 18.7 Å². The van der Waals surface area contributed by atoms with E-state index < -0.39 is 17.7 Å². The predicted octanol–water partition coefficient (Wildman–Crippen LogP) is 3.73. The highest BCUT2D eigenvalue weighted by Crippen LogP contribution is 2.35. The molecule has 0 aliphatic carbocycles. The Morgan fingerprint density at radius 2 is 1.96 bits per heavy atom. The first-order chi connectivity index (χ1) is 13.0. The van der Waals surface area contributed by atoms with Gasteiger partial charge in [-0.25, -0.2) is 4.39 Å². The number of hydrogen-bond acceptors (Lipinski definition) is 4. The summed E-state index contributed by atoms with van der Waals surface area (Å²) in [4.78, 5) is 13.6. The molecule has 2 atom stereocenters. The topological polar surface area (TPSA) is 59.0 Å². The van der Waals surface area contributed by atoms with Crippen LogP contribution in [0.15, 0.2) is 42.5 Å². The number of ether oxygens (including phenoxy) is 2. The number of methoxy groups -OCH3 is 2. The molecule has 1 heterocycles. The fraction of sp³-hybridized carbons (Fsp3) is 0.381. The van der Waals surface area contributed by atoms with Crippen molar-refractivity contribution < 1.29 is 23.8 Å². The van der Waals surface area contributed by atoms with Gasteiger partial charge in [-0.3, -0.25) is 9.69 Å². The zero-order chi connectivity index (χ0) is 19.4. The molecule has 0 spiro atoms. The minimum Gasteiger partial charge on any atom is -0.497 e. The number of piperidine rings is 1. The van der Waals surface area contributed by atoms with Gasteiger partial charge in [0.15, 0.2) is 11.6 Å². The third kappa shape index (κ3) is 4.22. The molecule has 1 aliphatic rings. The van der Waals surface area contributed by atoms with Crippen molar-refractivity contribution >= 4 is 5.97 Å². The molecule has 0 bridgehead atoms. The quantitative estimate of drug-likeness (QED) is 0.836. The fourth-order valence-corrected chi connectivity index (χ4v) is 3.72. The molecular formula is C21H24FNO4. The van der Waals surface area contributed by atoms with Crippen molar-refractivity contribution in [2.24, 2.45) is 5.92 Å². The first-order valence-electron chi connectivity index (χ1n) is 8.97. The van der Waals surface area contributed by atoms with E-state index in [1.54, 1.807) is 13.2 Å². The predicted molar refractivity (Wildman–Crippen MR) is 99.7 cm³/mol. The summed E-state index contributed by atoms with van der Waals surface area (Å²) in [5.74, 6) is -0.752. The molecule has 0 radical (unpaired) electrons. The van der Waals surface area contributed by atoms with Gasteiger partial charge in [0, 0.05) is 6.54 Å². The molecule has 2 aromatic rings. The van der Waals surface area contributed by atoms with Gasteiger partial charge < -0.3 is 14.6 Å². The summed E-state index contributed by atoms with van der Waals surface area (Å²) < 4.78 is 24.8. The van der Waals surface area contributed by atoms with Crippen molar-refractivity contribution in [1.82, 2.24) is 4.90 Å². The minimum absolute atomic E-state index is 0.185. The van der Waals surface area contributed by atoms with Crippen LogP contribution in [0.25, 0.3) is 0 Å². The molecule has 27 heavy (non-hydrogen) atoms. The SMILES string of the molecule is COc1cccc(C(c2ccc(OC)c(F)c2)N2CCCC(C(=O)O)C2)c1. The molecule has 0 saturated carbocycles. The first kappa shape index (κ1) is 19.2. The Morgan fingerprint density at radius 1 is 1.19 bits per heavy atom. The number of carboxylic acid groups (broad SMARTS) is 1. The number of aliphatic carboxylic acids is 1. The summed E-state index contributed by atoms with van der Waals surface area (Å²) in [5, 5.41) is 9.45. The molecule has 5 nitrogen and oxygen atoms in total. The highest BCUT2D eigenvalue weighted by Gasteiger charge is 2.31. The van der Waals surface area contributed by atoms with Crippen molar-refractivity contribution in [1.29, 1.82) is 0 Å². The van der Waals surface area contributed by atoms with Crippen LogP contribution >= 0.6 is 0 Å². The first-order valence-corrected chi connectivity index (χ1v) is 8.97. The standard InChI is InChI=1S/C21H24FNO4/c1-26-17-7-3-5-14(11-17)20(15-8-9-19(27-2)18(22)12-15)23-10-4-6-16(13-23)21(24)25/h3,5,7-9,11-12,16,20H,4,6,10,13H2,1-2H3,(H,24,25). The molecule has 2 unspecified atom stereocenters. The number of halogens is 1. The second-order valence-corrected chi connectivity index (χ2v) is 6.75. The maximum absolute atomic E-state index is 14.4. The summed E-state index contributed by atoms with van der Waals surface area (Å²) in [5.41, 5.74) is 1.69. The largest absolute Gasteiger partial charge is 0.497 e. The van der Waals surface area contributed by atoms with Gasteiger partial charge in [-0.05, 0) is 54.8 Å². The molecule has 3 rings (SSSR count). The van der Waals surface area contributed by atoms with E-state index in [0.717, 1.165) is 24.1 Å². The smallest absolute Gasteiger partial charge is 0.307 e. The van der Waals surface area contributed by atoms with Crippen LogP contribution in [0.2, 0.25) is 0 Å². The second kappa shape index (κ2) is 8.39. The zero-order valence-electron chi connectivity index (χ0n) is 15.5. The lowest BCUT2D eigenvalue weighted by Gasteiger charge is -2.37. The molecule has 2 aromatic carbocycles. The van der Waals surface area contributed by atoms with Crippen molar-refractivity contribution in [2.45, 2.75) is 18.9 Å². The van der Waals surface area contributed by atoms with Gasteiger partial charge in [0.2, 0.25) is 0 Å². The Bertz CT molecular complexity index is 811. The summed E-state index contributed by atoms with van der Waals surface area (Å²) in [6.45, 7) is 1.17. The number of carbonyl (C=O) groups is 1. The maximum atomic E-state index is 14.4. The second-order valence-electron chi connectivity index (χ2n) is 6.75. The molecule has 144 valence electrons. The van der Waals surface area contributed by atoms with Crippen molar-refractivity contribution in [3.63, 3.8) is 0 Å². The van der Waals surface area contributed by atoms with E-state index in [-0.39, 0.29) is 11.8 Å². The summed E-state index contributed by atoms with van der Waals surface area (Å²) in [6.07, 6.45) is 1.45. The summed E-state index contributed by atoms with van der Waals surface area (Å²) in [6, 6.07) is 12.3.